The van der Waals surface area contributed by atoms with E-state index in [0.717, 1.165) is 5.56 Å². The Bertz CT molecular complexity index is 699. The molecular weight excluding hydrogens is 258 g/mol. The molecule has 7 heteroatoms. The molecule has 0 aliphatic carbocycles. The molecule has 0 aliphatic rings. The normalized spacial score (nSPS) is 10.0. The number of nitrogens with two attached hydrogens (primary N) is 2. The molecule has 0 spiro atoms. The molecule has 0 unspecified atom stereocenters. The van der Waals surface area contributed by atoms with E-state index in [2.05, 4.69) is 5.10 Å². The van der Waals surface area contributed by atoms with E-state index in [9.17, 15) is 4.79 Å². The van der Waals surface area contributed by atoms with Gasteiger partial charge in [-0.2, -0.15) is 10.4 Å². The molecule has 2 aromatic rings. The van der Waals surface area contributed by atoms with Crippen LogP contribution in [-0.2, 0) is 6.54 Å². The van der Waals surface area contributed by atoms with E-state index >= 15 is 0 Å². The van der Waals surface area contributed by atoms with E-state index in [4.69, 9.17) is 21.5 Å². The maximum Gasteiger partial charge on any atom is 0.271 e. The third-order valence-electron chi connectivity index (χ3n) is 2.75. The molecule has 0 atom stereocenters. The molecule has 0 fully saturated rings. The van der Waals surface area contributed by atoms with Crippen LogP contribution in [0.2, 0.25) is 0 Å². The Labute approximate surface area is 115 Å². The van der Waals surface area contributed by atoms with Gasteiger partial charge in [-0.25, -0.2) is 0 Å². The summed E-state index contributed by atoms with van der Waals surface area (Å²) in [5, 5.41) is 12.9. The zero-order valence-electron chi connectivity index (χ0n) is 10.8. The van der Waals surface area contributed by atoms with Crippen LogP contribution in [0.3, 0.4) is 0 Å². The molecule has 0 radical (unpaired) electrons. The maximum atomic E-state index is 11.1. The summed E-state index contributed by atoms with van der Waals surface area (Å²) in [5.41, 5.74) is 12.4. The second-order valence-electron chi connectivity index (χ2n) is 4.14. The molecular formula is C13H13N5O2. The Kier molecular flexibility index (Phi) is 3.57. The SMILES string of the molecule is COc1cc(Cn2cc(N)c(C(N)=O)n2)ccc1C#N. The van der Waals surface area contributed by atoms with E-state index in [1.165, 1.54) is 18.0 Å². The number of carbonyl (C=O) groups excluding carboxylic acids is 1. The minimum atomic E-state index is -0.668. The van der Waals surface area contributed by atoms with Gasteiger partial charge in [0.2, 0.25) is 0 Å². The summed E-state index contributed by atoms with van der Waals surface area (Å²) in [7, 11) is 1.50. The first kappa shape index (κ1) is 13.4. The monoisotopic (exact) mass is 271 g/mol. The van der Waals surface area contributed by atoms with Crippen LogP contribution in [0.1, 0.15) is 21.6 Å². The molecule has 7 nitrogen and oxygen atoms in total. The van der Waals surface area contributed by atoms with E-state index in [1.807, 2.05) is 6.07 Å². The van der Waals surface area contributed by atoms with Gasteiger partial charge >= 0.3 is 0 Å². The quantitative estimate of drug-likeness (QED) is 0.838. The molecule has 1 amide bonds. The first-order valence-corrected chi connectivity index (χ1v) is 5.75. The van der Waals surface area contributed by atoms with Crippen LogP contribution >= 0.6 is 0 Å². The van der Waals surface area contributed by atoms with Gasteiger partial charge in [-0.3, -0.25) is 9.48 Å². The average Bonchev–Trinajstić information content (AvgIpc) is 2.79. The molecule has 0 aliphatic heterocycles. The van der Waals surface area contributed by atoms with Crippen molar-refractivity contribution < 1.29 is 9.53 Å². The molecule has 0 saturated heterocycles. The number of anilines is 1. The van der Waals surface area contributed by atoms with Crippen LogP contribution in [0, 0.1) is 11.3 Å². The minimum absolute atomic E-state index is 0.0469. The van der Waals surface area contributed by atoms with Gasteiger partial charge in [0.1, 0.15) is 11.8 Å². The fourth-order valence-corrected chi connectivity index (χ4v) is 1.82. The number of nitrogen functional groups attached to an aromatic ring is 1. The van der Waals surface area contributed by atoms with Crippen LogP contribution in [0.5, 0.6) is 5.75 Å². The highest BCUT2D eigenvalue weighted by Crippen LogP contribution is 2.20. The number of ether oxygens (including phenoxy) is 1. The number of amides is 1. The standard InChI is InChI=1S/C13H13N5O2/c1-20-11-4-8(2-3-9(11)5-14)6-18-7-10(15)12(17-18)13(16)19/h2-4,7H,6,15H2,1H3,(H2,16,19). The number of hydrogen-bond donors (Lipinski definition) is 2. The molecule has 0 bridgehead atoms. The van der Waals surface area contributed by atoms with Crippen LogP contribution in [0.15, 0.2) is 24.4 Å². The average molecular weight is 271 g/mol. The molecule has 102 valence electrons. The largest absolute Gasteiger partial charge is 0.495 e. The Morgan fingerprint density at radius 3 is 2.85 bits per heavy atom. The van der Waals surface area contributed by atoms with Crippen LogP contribution in [0.4, 0.5) is 5.69 Å². The lowest BCUT2D eigenvalue weighted by molar-refractivity contribution is 0.0995. The third kappa shape index (κ3) is 2.54. The first-order chi connectivity index (χ1) is 9.55. The van der Waals surface area contributed by atoms with Crippen molar-refractivity contribution in [3.05, 3.63) is 41.2 Å². The van der Waals surface area contributed by atoms with E-state index in [-0.39, 0.29) is 11.4 Å². The summed E-state index contributed by atoms with van der Waals surface area (Å²) >= 11 is 0. The fourth-order valence-electron chi connectivity index (χ4n) is 1.82. The Morgan fingerprint density at radius 2 is 2.30 bits per heavy atom. The van der Waals surface area contributed by atoms with Gasteiger partial charge in [-0.05, 0) is 17.7 Å². The Balaban J connectivity index is 2.29. The van der Waals surface area contributed by atoms with Gasteiger partial charge < -0.3 is 16.2 Å². The number of nitriles is 1. The summed E-state index contributed by atoms with van der Waals surface area (Å²) in [4.78, 5) is 11.1. The van der Waals surface area contributed by atoms with Crippen LogP contribution in [-0.4, -0.2) is 22.8 Å². The van der Waals surface area contributed by atoms with Crippen molar-refractivity contribution in [3.63, 3.8) is 0 Å². The molecule has 20 heavy (non-hydrogen) atoms. The smallest absolute Gasteiger partial charge is 0.271 e. The number of nitrogens with zero attached hydrogens (tertiary/aromatic N) is 3. The van der Waals surface area contributed by atoms with Gasteiger partial charge in [-0.1, -0.05) is 6.07 Å². The van der Waals surface area contributed by atoms with Gasteiger partial charge in [0.25, 0.3) is 5.91 Å². The number of primary amides is 1. The van der Waals surface area contributed by atoms with E-state index < -0.39 is 5.91 Å². The summed E-state index contributed by atoms with van der Waals surface area (Å²) in [5.74, 6) is -0.182. The number of carbonyl (C=O) groups is 1. The lowest BCUT2D eigenvalue weighted by atomic mass is 10.1. The lowest BCUT2D eigenvalue weighted by Crippen LogP contribution is -2.14. The van der Waals surface area contributed by atoms with Crippen LogP contribution in [0.25, 0.3) is 0 Å². The van der Waals surface area contributed by atoms with Crippen molar-refractivity contribution >= 4 is 11.6 Å². The minimum Gasteiger partial charge on any atom is -0.495 e. The van der Waals surface area contributed by atoms with Gasteiger partial charge in [0.15, 0.2) is 5.69 Å². The number of benzene rings is 1. The van der Waals surface area contributed by atoms with Crippen molar-refractivity contribution in [3.8, 4) is 11.8 Å². The number of rotatable bonds is 4. The van der Waals surface area contributed by atoms with Gasteiger partial charge in [0.05, 0.1) is 24.9 Å². The Hall–Kier alpha value is -3.01. The molecule has 0 saturated carbocycles. The highest BCUT2D eigenvalue weighted by Gasteiger charge is 2.12. The van der Waals surface area contributed by atoms with Crippen molar-refractivity contribution in [1.82, 2.24) is 9.78 Å². The second kappa shape index (κ2) is 5.32. The molecule has 2 rings (SSSR count). The Morgan fingerprint density at radius 1 is 1.55 bits per heavy atom. The third-order valence-corrected chi connectivity index (χ3v) is 2.75. The molecule has 1 aromatic carbocycles. The highest BCUT2D eigenvalue weighted by atomic mass is 16.5. The van der Waals surface area contributed by atoms with Gasteiger partial charge in [-0.15, -0.1) is 0 Å². The van der Waals surface area contributed by atoms with Crippen molar-refractivity contribution in [1.29, 1.82) is 5.26 Å². The van der Waals surface area contributed by atoms with Crippen LogP contribution < -0.4 is 16.2 Å². The van der Waals surface area contributed by atoms with Gasteiger partial charge in [0, 0.05) is 6.20 Å². The first-order valence-electron chi connectivity index (χ1n) is 5.75. The number of hydrogen-bond acceptors (Lipinski definition) is 5. The summed E-state index contributed by atoms with van der Waals surface area (Å²) < 4.78 is 6.64. The lowest BCUT2D eigenvalue weighted by Gasteiger charge is -2.06. The summed E-state index contributed by atoms with van der Waals surface area (Å²) in [6.07, 6.45) is 1.53. The fraction of sp³-hybridized carbons (Fsp3) is 0.154. The second-order valence-corrected chi connectivity index (χ2v) is 4.14. The van der Waals surface area contributed by atoms with E-state index in [1.54, 1.807) is 18.2 Å². The van der Waals surface area contributed by atoms with Crippen molar-refractivity contribution in [2.75, 3.05) is 12.8 Å². The number of aromatic nitrogens is 2. The molecule has 4 N–H and O–H groups in total. The highest BCUT2D eigenvalue weighted by molar-refractivity contribution is 5.95. The zero-order chi connectivity index (χ0) is 14.7. The van der Waals surface area contributed by atoms with E-state index in [0.29, 0.717) is 17.9 Å². The topological polar surface area (TPSA) is 120 Å². The predicted octanol–water partition coefficient (Wildman–Crippen LogP) is 0.493. The molecule has 1 aromatic heterocycles. The zero-order valence-corrected chi connectivity index (χ0v) is 10.8. The summed E-state index contributed by atoms with van der Waals surface area (Å²) in [6, 6.07) is 7.22. The van der Waals surface area contributed by atoms with Crippen molar-refractivity contribution in [2.24, 2.45) is 5.73 Å². The predicted molar refractivity (Wildman–Crippen MR) is 72.0 cm³/mol. The summed E-state index contributed by atoms with van der Waals surface area (Å²) in [6.45, 7) is 0.388. The number of methoxy groups -OCH3 is 1. The maximum absolute atomic E-state index is 11.1. The van der Waals surface area contributed by atoms with Crippen molar-refractivity contribution in [2.45, 2.75) is 6.54 Å². The molecule has 1 heterocycles.